The van der Waals surface area contributed by atoms with Crippen LogP contribution in [0, 0.1) is 0 Å². The Bertz CT molecular complexity index is 799. The highest BCUT2D eigenvalue weighted by atomic mass is 32.1. The van der Waals surface area contributed by atoms with Crippen molar-refractivity contribution in [1.29, 1.82) is 0 Å². The van der Waals surface area contributed by atoms with E-state index in [0.717, 1.165) is 27.6 Å². The van der Waals surface area contributed by atoms with Crippen molar-refractivity contribution in [3.63, 3.8) is 0 Å². The summed E-state index contributed by atoms with van der Waals surface area (Å²) in [6.07, 6.45) is 0. The number of carbonyl (C=O) groups is 1. The molecule has 24 heavy (non-hydrogen) atoms. The van der Waals surface area contributed by atoms with E-state index in [1.165, 1.54) is 6.92 Å². The van der Waals surface area contributed by atoms with Gasteiger partial charge in [0.25, 0.3) is 0 Å². The van der Waals surface area contributed by atoms with Crippen molar-refractivity contribution in [2.45, 2.75) is 13.5 Å². The lowest BCUT2D eigenvalue weighted by Crippen LogP contribution is -2.18. The molecule has 0 bridgehead atoms. The largest absolute Gasteiger partial charge is 0.352 e. The van der Waals surface area contributed by atoms with Crippen molar-refractivity contribution in [3.05, 3.63) is 65.5 Å². The molecule has 5 nitrogen and oxygen atoms in total. The van der Waals surface area contributed by atoms with Gasteiger partial charge in [-0.3, -0.25) is 15.6 Å². The Labute approximate surface area is 144 Å². The first-order chi connectivity index (χ1) is 11.7. The summed E-state index contributed by atoms with van der Waals surface area (Å²) in [5.74, 6) is -0.0276. The van der Waals surface area contributed by atoms with E-state index in [4.69, 9.17) is 0 Å². The molecule has 3 N–H and O–H groups in total. The number of hydrogen-bond acceptors (Lipinski definition) is 5. The Hall–Kier alpha value is -2.86. The third-order valence-corrected chi connectivity index (χ3v) is 4.14. The van der Waals surface area contributed by atoms with Crippen LogP contribution in [0.3, 0.4) is 0 Å². The van der Waals surface area contributed by atoms with Crippen LogP contribution in [0.2, 0.25) is 0 Å². The van der Waals surface area contributed by atoms with Crippen molar-refractivity contribution in [2.24, 2.45) is 0 Å². The van der Waals surface area contributed by atoms with Gasteiger partial charge in [0.15, 0.2) is 0 Å². The number of anilines is 2. The standard InChI is InChI=1S/C18H18N4OS/c1-13(23)19-11-14-7-9-15(10-8-14)17-12-24-18(20-17)22-21-16-5-3-2-4-6-16/h2-10,12,21H,11H2,1H3,(H,19,23)(H,20,22). The molecule has 3 aromatic rings. The van der Waals surface area contributed by atoms with E-state index in [-0.39, 0.29) is 5.91 Å². The fourth-order valence-corrected chi connectivity index (χ4v) is 2.80. The minimum Gasteiger partial charge on any atom is -0.352 e. The van der Waals surface area contributed by atoms with E-state index in [2.05, 4.69) is 21.2 Å². The molecule has 2 aromatic carbocycles. The third-order valence-electron chi connectivity index (χ3n) is 3.38. The van der Waals surface area contributed by atoms with Crippen molar-refractivity contribution in [1.82, 2.24) is 10.3 Å². The summed E-state index contributed by atoms with van der Waals surface area (Å²) < 4.78 is 0. The number of aromatic nitrogens is 1. The second kappa shape index (κ2) is 7.61. The number of carbonyl (C=O) groups excluding carboxylic acids is 1. The molecule has 0 aliphatic carbocycles. The Morgan fingerprint density at radius 1 is 1.04 bits per heavy atom. The molecule has 0 spiro atoms. The second-order valence-electron chi connectivity index (χ2n) is 5.26. The smallest absolute Gasteiger partial charge is 0.217 e. The van der Waals surface area contributed by atoms with Crippen LogP contribution in [-0.4, -0.2) is 10.9 Å². The van der Waals surface area contributed by atoms with Gasteiger partial charge in [-0.2, -0.15) is 0 Å². The van der Waals surface area contributed by atoms with Crippen molar-refractivity contribution >= 4 is 28.1 Å². The average molecular weight is 338 g/mol. The number of para-hydroxylation sites is 1. The number of nitrogens with zero attached hydrogens (tertiary/aromatic N) is 1. The molecule has 0 aliphatic rings. The zero-order valence-corrected chi connectivity index (χ0v) is 14.1. The molecular formula is C18H18N4OS. The maximum Gasteiger partial charge on any atom is 0.217 e. The van der Waals surface area contributed by atoms with Gasteiger partial charge in [0, 0.05) is 24.4 Å². The van der Waals surface area contributed by atoms with Crippen molar-refractivity contribution < 1.29 is 4.79 Å². The van der Waals surface area contributed by atoms with Gasteiger partial charge in [0.1, 0.15) is 0 Å². The molecule has 1 heterocycles. The number of amides is 1. The summed E-state index contributed by atoms with van der Waals surface area (Å²) >= 11 is 1.54. The Morgan fingerprint density at radius 3 is 2.50 bits per heavy atom. The minimum absolute atomic E-state index is 0.0276. The molecule has 0 saturated heterocycles. The van der Waals surface area contributed by atoms with E-state index in [1.54, 1.807) is 11.3 Å². The molecule has 0 unspecified atom stereocenters. The van der Waals surface area contributed by atoms with Gasteiger partial charge in [0.05, 0.1) is 11.4 Å². The molecule has 0 radical (unpaired) electrons. The molecule has 0 fully saturated rings. The van der Waals surface area contributed by atoms with Gasteiger partial charge in [0.2, 0.25) is 11.0 Å². The second-order valence-corrected chi connectivity index (χ2v) is 6.12. The lowest BCUT2D eigenvalue weighted by Gasteiger charge is -2.06. The monoisotopic (exact) mass is 338 g/mol. The first-order valence-corrected chi connectivity index (χ1v) is 8.45. The van der Waals surface area contributed by atoms with Crippen LogP contribution in [0.25, 0.3) is 11.3 Å². The maximum atomic E-state index is 10.9. The van der Waals surface area contributed by atoms with Crippen LogP contribution in [0.5, 0.6) is 0 Å². The zero-order valence-electron chi connectivity index (χ0n) is 13.2. The molecule has 1 aromatic heterocycles. The van der Waals surface area contributed by atoms with E-state index in [0.29, 0.717) is 6.54 Å². The first kappa shape index (κ1) is 16.0. The van der Waals surface area contributed by atoms with Crippen LogP contribution in [0.4, 0.5) is 10.8 Å². The summed E-state index contributed by atoms with van der Waals surface area (Å²) in [4.78, 5) is 15.5. The topological polar surface area (TPSA) is 66.1 Å². The SMILES string of the molecule is CC(=O)NCc1ccc(-c2csc(NNc3ccccc3)n2)cc1. The molecule has 1 amide bonds. The number of hydrazine groups is 1. The summed E-state index contributed by atoms with van der Waals surface area (Å²) in [6.45, 7) is 2.06. The Balaban J connectivity index is 1.61. The highest BCUT2D eigenvalue weighted by Crippen LogP contribution is 2.25. The highest BCUT2D eigenvalue weighted by Gasteiger charge is 2.05. The summed E-state index contributed by atoms with van der Waals surface area (Å²) in [5.41, 5.74) is 10.2. The van der Waals surface area contributed by atoms with E-state index < -0.39 is 0 Å². The summed E-state index contributed by atoms with van der Waals surface area (Å²) in [5, 5.41) is 5.60. The van der Waals surface area contributed by atoms with Crippen LogP contribution < -0.4 is 16.2 Å². The molecular weight excluding hydrogens is 320 g/mol. The van der Waals surface area contributed by atoms with Crippen LogP contribution in [-0.2, 0) is 11.3 Å². The zero-order chi connectivity index (χ0) is 16.8. The molecule has 0 saturated carbocycles. The molecule has 6 heteroatoms. The maximum absolute atomic E-state index is 10.9. The van der Waals surface area contributed by atoms with Gasteiger partial charge in [-0.15, -0.1) is 11.3 Å². The van der Waals surface area contributed by atoms with Crippen molar-refractivity contribution in [2.75, 3.05) is 10.9 Å². The highest BCUT2D eigenvalue weighted by molar-refractivity contribution is 7.14. The average Bonchev–Trinajstić information content (AvgIpc) is 3.08. The van der Waals surface area contributed by atoms with E-state index in [1.807, 2.05) is 60.0 Å². The molecule has 122 valence electrons. The summed E-state index contributed by atoms with van der Waals surface area (Å²) in [7, 11) is 0. The van der Waals surface area contributed by atoms with E-state index >= 15 is 0 Å². The van der Waals surface area contributed by atoms with Gasteiger partial charge >= 0.3 is 0 Å². The number of benzene rings is 2. The number of nitrogens with one attached hydrogen (secondary N) is 3. The minimum atomic E-state index is -0.0276. The van der Waals surface area contributed by atoms with Gasteiger partial charge in [-0.1, -0.05) is 42.5 Å². The quantitative estimate of drug-likeness (QED) is 0.597. The number of hydrogen-bond donors (Lipinski definition) is 3. The first-order valence-electron chi connectivity index (χ1n) is 7.57. The predicted octanol–water partition coefficient (Wildman–Crippen LogP) is 3.89. The van der Waals surface area contributed by atoms with Crippen LogP contribution in [0.1, 0.15) is 12.5 Å². The predicted molar refractivity (Wildman–Crippen MR) is 98.8 cm³/mol. The molecule has 0 atom stereocenters. The Morgan fingerprint density at radius 2 is 1.79 bits per heavy atom. The van der Waals surface area contributed by atoms with Gasteiger partial charge in [-0.25, -0.2) is 4.98 Å². The fraction of sp³-hybridized carbons (Fsp3) is 0.111. The van der Waals surface area contributed by atoms with Gasteiger partial charge < -0.3 is 5.32 Å². The van der Waals surface area contributed by atoms with Crippen molar-refractivity contribution in [3.8, 4) is 11.3 Å². The summed E-state index contributed by atoms with van der Waals surface area (Å²) in [6, 6.07) is 17.9. The Kier molecular flexibility index (Phi) is 5.08. The fourth-order valence-electron chi connectivity index (χ4n) is 2.13. The third kappa shape index (κ3) is 4.33. The van der Waals surface area contributed by atoms with E-state index in [9.17, 15) is 4.79 Å². The van der Waals surface area contributed by atoms with Crippen LogP contribution >= 0.6 is 11.3 Å². The normalized spacial score (nSPS) is 10.2. The molecule has 0 aliphatic heterocycles. The van der Waals surface area contributed by atoms with Crippen LogP contribution in [0.15, 0.2) is 60.0 Å². The number of rotatable bonds is 6. The van der Waals surface area contributed by atoms with Gasteiger partial charge in [-0.05, 0) is 17.7 Å². The number of thiazole rings is 1. The molecule has 3 rings (SSSR count). The lowest BCUT2D eigenvalue weighted by molar-refractivity contribution is -0.119. The lowest BCUT2D eigenvalue weighted by atomic mass is 10.1.